The van der Waals surface area contributed by atoms with Crippen molar-refractivity contribution < 1.29 is 0 Å². The number of benzene rings is 1. The number of hydrogen-bond acceptors (Lipinski definition) is 2. The molecule has 0 atom stereocenters. The van der Waals surface area contributed by atoms with Gasteiger partial charge in [0.25, 0.3) is 0 Å². The fraction of sp³-hybridized carbons (Fsp3) is 0.0909. The first-order valence-electron chi connectivity index (χ1n) is 4.46. The second kappa shape index (κ2) is 3.87. The summed E-state index contributed by atoms with van der Waals surface area (Å²) in [5.74, 6) is 0. The second-order valence-corrected chi connectivity index (χ2v) is 3.05. The van der Waals surface area contributed by atoms with E-state index >= 15 is 0 Å². The average molecular weight is 185 g/mol. The van der Waals surface area contributed by atoms with Crippen molar-refractivity contribution in [3.05, 3.63) is 47.8 Å². The van der Waals surface area contributed by atoms with Crippen molar-refractivity contribution in [3.63, 3.8) is 0 Å². The summed E-state index contributed by atoms with van der Waals surface area (Å²) in [5.41, 5.74) is 2.18. The lowest BCUT2D eigenvalue weighted by Gasteiger charge is -1.93. The standard InChI is InChI=1S/C11H11N3/c1-10-9-12-13-14(10)8-7-11-5-3-2-4-6-11/h2-9H,1H3/b8-7+. The fourth-order valence-corrected chi connectivity index (χ4v) is 1.16. The van der Waals surface area contributed by atoms with Crippen LogP contribution < -0.4 is 0 Å². The number of rotatable bonds is 2. The van der Waals surface area contributed by atoms with E-state index in [9.17, 15) is 0 Å². The van der Waals surface area contributed by atoms with Crippen molar-refractivity contribution in [1.29, 1.82) is 0 Å². The highest BCUT2D eigenvalue weighted by atomic mass is 15.4. The van der Waals surface area contributed by atoms with Crippen LogP contribution in [-0.4, -0.2) is 15.0 Å². The summed E-state index contributed by atoms with van der Waals surface area (Å²) in [6, 6.07) is 10.1. The Bertz CT molecular complexity index is 429. The third-order valence-corrected chi connectivity index (χ3v) is 1.96. The quantitative estimate of drug-likeness (QED) is 0.718. The van der Waals surface area contributed by atoms with E-state index in [1.54, 1.807) is 10.9 Å². The highest BCUT2D eigenvalue weighted by molar-refractivity contribution is 5.59. The molecule has 2 rings (SSSR count). The van der Waals surface area contributed by atoms with Crippen LogP contribution in [0.15, 0.2) is 36.5 Å². The Kier molecular flexibility index (Phi) is 2.40. The molecule has 0 amide bonds. The molecule has 1 heterocycles. The van der Waals surface area contributed by atoms with E-state index in [0.29, 0.717) is 0 Å². The topological polar surface area (TPSA) is 30.7 Å². The molecule has 0 saturated heterocycles. The predicted octanol–water partition coefficient (Wildman–Crippen LogP) is 2.21. The minimum Gasteiger partial charge on any atom is -0.225 e. The fourth-order valence-electron chi connectivity index (χ4n) is 1.16. The van der Waals surface area contributed by atoms with Crippen LogP contribution in [-0.2, 0) is 0 Å². The molecule has 70 valence electrons. The summed E-state index contributed by atoms with van der Waals surface area (Å²) in [5, 5.41) is 7.71. The molecule has 0 bridgehead atoms. The van der Waals surface area contributed by atoms with Crippen molar-refractivity contribution in [2.45, 2.75) is 6.92 Å². The van der Waals surface area contributed by atoms with Gasteiger partial charge in [0.2, 0.25) is 0 Å². The molecule has 3 heteroatoms. The molecule has 3 nitrogen and oxygen atoms in total. The highest BCUT2D eigenvalue weighted by Crippen LogP contribution is 2.03. The average Bonchev–Trinajstić information content (AvgIpc) is 2.63. The molecule has 2 aromatic rings. The van der Waals surface area contributed by atoms with Crippen molar-refractivity contribution in [1.82, 2.24) is 15.0 Å². The van der Waals surface area contributed by atoms with Gasteiger partial charge in [-0.2, -0.15) is 0 Å². The molecule has 0 N–H and O–H groups in total. The number of hydrogen-bond donors (Lipinski definition) is 0. The minimum absolute atomic E-state index is 1.03. The summed E-state index contributed by atoms with van der Waals surface area (Å²) in [6.07, 6.45) is 5.63. The van der Waals surface area contributed by atoms with Gasteiger partial charge in [0.15, 0.2) is 0 Å². The lowest BCUT2D eigenvalue weighted by atomic mass is 10.2. The zero-order valence-corrected chi connectivity index (χ0v) is 7.96. The molecular weight excluding hydrogens is 174 g/mol. The molecule has 0 aliphatic rings. The monoisotopic (exact) mass is 185 g/mol. The smallest absolute Gasteiger partial charge is 0.0726 e. The summed E-state index contributed by atoms with van der Waals surface area (Å²) in [7, 11) is 0. The molecule has 0 spiro atoms. The Labute approximate surface area is 82.7 Å². The van der Waals surface area contributed by atoms with Crippen molar-refractivity contribution in [3.8, 4) is 0 Å². The van der Waals surface area contributed by atoms with E-state index in [-0.39, 0.29) is 0 Å². The molecule has 0 aliphatic heterocycles. The van der Waals surface area contributed by atoms with Gasteiger partial charge in [-0.05, 0) is 18.6 Å². The van der Waals surface area contributed by atoms with Gasteiger partial charge in [0, 0.05) is 6.20 Å². The summed E-state index contributed by atoms with van der Waals surface area (Å²) in [4.78, 5) is 0. The zero-order valence-electron chi connectivity index (χ0n) is 7.96. The van der Waals surface area contributed by atoms with Gasteiger partial charge >= 0.3 is 0 Å². The maximum atomic E-state index is 3.91. The van der Waals surface area contributed by atoms with Gasteiger partial charge in [-0.1, -0.05) is 35.5 Å². The van der Waals surface area contributed by atoms with Crippen LogP contribution in [0, 0.1) is 6.92 Å². The van der Waals surface area contributed by atoms with Crippen LogP contribution >= 0.6 is 0 Å². The largest absolute Gasteiger partial charge is 0.225 e. The van der Waals surface area contributed by atoms with Crippen LogP contribution in [0.3, 0.4) is 0 Å². The van der Waals surface area contributed by atoms with Crippen LogP contribution in [0.25, 0.3) is 12.3 Å². The van der Waals surface area contributed by atoms with Gasteiger partial charge in [-0.25, -0.2) is 4.68 Å². The minimum atomic E-state index is 1.03. The summed E-state index contributed by atoms with van der Waals surface area (Å²) >= 11 is 0. The molecule has 0 aliphatic carbocycles. The summed E-state index contributed by atoms with van der Waals surface area (Å²) in [6.45, 7) is 1.97. The molecule has 0 fully saturated rings. The molecule has 1 aromatic carbocycles. The molecule has 14 heavy (non-hydrogen) atoms. The molecule has 0 unspecified atom stereocenters. The molecule has 0 saturated carbocycles. The van der Waals surface area contributed by atoms with Gasteiger partial charge in [0.05, 0.1) is 11.9 Å². The Hall–Kier alpha value is -1.90. The molecular formula is C11H11N3. The van der Waals surface area contributed by atoms with Crippen LogP contribution in [0.5, 0.6) is 0 Å². The van der Waals surface area contributed by atoms with Crippen molar-refractivity contribution in [2.75, 3.05) is 0 Å². The Morgan fingerprint density at radius 2 is 2.00 bits per heavy atom. The normalized spacial score (nSPS) is 10.9. The third-order valence-electron chi connectivity index (χ3n) is 1.96. The molecule has 1 aromatic heterocycles. The van der Waals surface area contributed by atoms with Gasteiger partial charge in [0.1, 0.15) is 0 Å². The van der Waals surface area contributed by atoms with Crippen LogP contribution in [0.4, 0.5) is 0 Å². The SMILES string of the molecule is Cc1cnnn1/C=C/c1ccccc1. The van der Waals surface area contributed by atoms with E-state index in [2.05, 4.69) is 10.3 Å². The number of nitrogens with zero attached hydrogens (tertiary/aromatic N) is 3. The third kappa shape index (κ3) is 1.88. The second-order valence-electron chi connectivity index (χ2n) is 3.05. The van der Waals surface area contributed by atoms with E-state index in [0.717, 1.165) is 11.3 Å². The first-order chi connectivity index (χ1) is 6.86. The first-order valence-corrected chi connectivity index (χ1v) is 4.46. The predicted molar refractivity (Wildman–Crippen MR) is 56.4 cm³/mol. The summed E-state index contributed by atoms with van der Waals surface area (Å²) < 4.78 is 1.74. The number of aromatic nitrogens is 3. The zero-order chi connectivity index (χ0) is 9.80. The Morgan fingerprint density at radius 1 is 1.21 bits per heavy atom. The number of aryl methyl sites for hydroxylation is 1. The van der Waals surface area contributed by atoms with Gasteiger partial charge in [-0.15, -0.1) is 5.10 Å². The van der Waals surface area contributed by atoms with Gasteiger partial charge in [-0.3, -0.25) is 0 Å². The molecule has 0 radical (unpaired) electrons. The van der Waals surface area contributed by atoms with Crippen LogP contribution in [0.1, 0.15) is 11.3 Å². The van der Waals surface area contributed by atoms with Crippen molar-refractivity contribution >= 4 is 12.3 Å². The van der Waals surface area contributed by atoms with Crippen LogP contribution in [0.2, 0.25) is 0 Å². The van der Waals surface area contributed by atoms with E-state index < -0.39 is 0 Å². The van der Waals surface area contributed by atoms with E-state index in [4.69, 9.17) is 0 Å². The maximum Gasteiger partial charge on any atom is 0.0726 e. The Balaban J connectivity index is 2.20. The lowest BCUT2D eigenvalue weighted by Crippen LogP contribution is -1.90. The highest BCUT2D eigenvalue weighted by Gasteiger charge is 1.91. The lowest BCUT2D eigenvalue weighted by molar-refractivity contribution is 0.825. The van der Waals surface area contributed by atoms with Gasteiger partial charge < -0.3 is 0 Å². The van der Waals surface area contributed by atoms with E-state index in [1.807, 2.05) is 49.5 Å². The Morgan fingerprint density at radius 3 is 2.64 bits per heavy atom. The maximum absolute atomic E-state index is 3.91. The van der Waals surface area contributed by atoms with Crippen molar-refractivity contribution in [2.24, 2.45) is 0 Å². The first kappa shape index (κ1) is 8.69. The van der Waals surface area contributed by atoms with E-state index in [1.165, 1.54) is 0 Å².